The first kappa shape index (κ1) is 26.3. The number of hydrogen-bond donors (Lipinski definition) is 8. The van der Waals surface area contributed by atoms with Gasteiger partial charge in [-0.25, -0.2) is 0 Å². The quantitative estimate of drug-likeness (QED) is 0.0738. The van der Waals surface area contributed by atoms with Gasteiger partial charge in [0.15, 0.2) is 5.96 Å². The minimum atomic E-state index is -0.988. The number of carbonyl (C=O) groups is 3. The molecule has 1 radical (unpaired) electrons. The van der Waals surface area contributed by atoms with Gasteiger partial charge in [-0.15, -0.1) is 0 Å². The molecule has 0 spiro atoms. The number of primary amides is 1. The van der Waals surface area contributed by atoms with E-state index < -0.39 is 35.8 Å². The van der Waals surface area contributed by atoms with Crippen molar-refractivity contribution in [2.45, 2.75) is 63.1 Å². The molecule has 3 amide bonds. The van der Waals surface area contributed by atoms with Gasteiger partial charge in [-0.05, 0) is 45.1 Å². The molecule has 12 heteroatoms. The highest BCUT2D eigenvalue weighted by Gasteiger charge is 2.25. The van der Waals surface area contributed by atoms with Gasteiger partial charge in [0.2, 0.25) is 24.0 Å². The molecule has 0 saturated heterocycles. The fourth-order valence-corrected chi connectivity index (χ4v) is 2.43. The summed E-state index contributed by atoms with van der Waals surface area (Å²) in [7, 11) is 0. The van der Waals surface area contributed by atoms with Crippen molar-refractivity contribution in [2.24, 2.45) is 22.9 Å². The highest BCUT2D eigenvalue weighted by molar-refractivity contribution is 5.91. The largest absolute Gasteiger partial charge is 0.370 e. The molecule has 0 rings (SSSR count). The van der Waals surface area contributed by atoms with Gasteiger partial charge in [0.25, 0.3) is 0 Å². The summed E-state index contributed by atoms with van der Waals surface area (Å²) in [4.78, 5) is 46.7. The predicted octanol–water partition coefficient (Wildman–Crippen LogP) is -2.95. The van der Waals surface area contributed by atoms with Crippen LogP contribution in [0.5, 0.6) is 0 Å². The average Bonchev–Trinajstić information content (AvgIpc) is 2.67. The van der Waals surface area contributed by atoms with Crippen molar-refractivity contribution in [1.82, 2.24) is 16.0 Å². The van der Waals surface area contributed by atoms with Gasteiger partial charge >= 0.3 is 0 Å². The molecular formula is C17H33N8O4. The third kappa shape index (κ3) is 13.1. The van der Waals surface area contributed by atoms with Gasteiger partial charge in [0.1, 0.15) is 6.04 Å². The minimum absolute atomic E-state index is 0.0465. The van der Waals surface area contributed by atoms with E-state index in [2.05, 4.69) is 16.0 Å². The summed E-state index contributed by atoms with van der Waals surface area (Å²) in [6.45, 7) is 0.809. The summed E-state index contributed by atoms with van der Waals surface area (Å²) in [6.07, 6.45) is 4.09. The Morgan fingerprint density at radius 1 is 0.966 bits per heavy atom. The highest BCUT2D eigenvalue weighted by Crippen LogP contribution is 2.04. The van der Waals surface area contributed by atoms with E-state index in [1.54, 1.807) is 6.29 Å². The summed E-state index contributed by atoms with van der Waals surface area (Å²) in [5.74, 6) is -1.88. The first-order chi connectivity index (χ1) is 13.7. The predicted molar refractivity (Wildman–Crippen MR) is 108 cm³/mol. The number of guanidine groups is 1. The van der Waals surface area contributed by atoms with Crippen molar-refractivity contribution in [1.29, 1.82) is 5.41 Å². The van der Waals surface area contributed by atoms with Crippen LogP contribution in [0.1, 0.15) is 44.9 Å². The number of unbranched alkanes of at least 4 members (excludes halogenated alkanes) is 1. The summed E-state index contributed by atoms with van der Waals surface area (Å²) < 4.78 is 0. The molecular weight excluding hydrogens is 380 g/mol. The van der Waals surface area contributed by atoms with Crippen molar-refractivity contribution >= 4 is 30.0 Å². The number of amides is 3. The van der Waals surface area contributed by atoms with Crippen molar-refractivity contribution in [3.05, 3.63) is 0 Å². The number of carbonyl (C=O) groups excluding carboxylic acids is 4. The molecule has 0 unspecified atom stereocenters. The van der Waals surface area contributed by atoms with Gasteiger partial charge in [0, 0.05) is 13.0 Å². The smallest absolute Gasteiger partial charge is 0.243 e. The minimum Gasteiger partial charge on any atom is -0.370 e. The monoisotopic (exact) mass is 413 g/mol. The van der Waals surface area contributed by atoms with Crippen LogP contribution in [0.3, 0.4) is 0 Å². The Bertz CT molecular complexity index is 558. The molecule has 29 heavy (non-hydrogen) atoms. The topological polar surface area (TPSA) is 232 Å². The highest BCUT2D eigenvalue weighted by atomic mass is 16.2. The molecule has 0 aromatic heterocycles. The van der Waals surface area contributed by atoms with E-state index in [-0.39, 0.29) is 25.2 Å². The molecule has 0 aliphatic carbocycles. The molecule has 0 saturated carbocycles. The van der Waals surface area contributed by atoms with Crippen LogP contribution in [-0.2, 0) is 19.2 Å². The molecule has 0 aromatic rings. The molecule has 0 aromatic carbocycles. The zero-order valence-electron chi connectivity index (χ0n) is 16.5. The lowest BCUT2D eigenvalue weighted by Gasteiger charge is -2.22. The van der Waals surface area contributed by atoms with Gasteiger partial charge in [0.05, 0.1) is 12.1 Å². The molecule has 0 fully saturated rings. The van der Waals surface area contributed by atoms with Crippen LogP contribution < -0.4 is 38.9 Å². The van der Waals surface area contributed by atoms with Crippen LogP contribution in [0.4, 0.5) is 0 Å². The molecule has 0 aliphatic heterocycles. The average molecular weight is 414 g/mol. The van der Waals surface area contributed by atoms with Gasteiger partial charge in [-0.3, -0.25) is 24.6 Å². The lowest BCUT2D eigenvalue weighted by Crippen LogP contribution is -2.53. The van der Waals surface area contributed by atoms with E-state index in [0.29, 0.717) is 38.8 Å². The Kier molecular flexibility index (Phi) is 13.8. The first-order valence-corrected chi connectivity index (χ1v) is 9.51. The summed E-state index contributed by atoms with van der Waals surface area (Å²) >= 11 is 0. The Morgan fingerprint density at radius 2 is 1.66 bits per heavy atom. The zero-order valence-corrected chi connectivity index (χ0v) is 16.5. The van der Waals surface area contributed by atoms with Crippen molar-refractivity contribution in [3.63, 3.8) is 0 Å². The van der Waals surface area contributed by atoms with Crippen molar-refractivity contribution in [2.75, 3.05) is 13.1 Å². The standard InChI is InChI=1S/C17H33N8O4/c18-8-2-1-5-13(25-15(28)12(19)6-7-14(20)27)16(29)24-11(10-26)4-3-9-23-17(21)22/h11-13H,1-9,18-19H2,(H2,20,27)(H,24,29)(H,25,28)(H4,21,22,23)/t11-,12-,13-/m0/s1. The molecule has 0 aliphatic rings. The second-order valence-corrected chi connectivity index (χ2v) is 6.62. The second kappa shape index (κ2) is 15.2. The lowest BCUT2D eigenvalue weighted by atomic mass is 10.1. The summed E-state index contributed by atoms with van der Waals surface area (Å²) in [6, 6.07) is -2.76. The van der Waals surface area contributed by atoms with Crippen LogP contribution >= 0.6 is 0 Å². The number of nitrogens with one attached hydrogen (secondary N) is 4. The summed E-state index contributed by atoms with van der Waals surface area (Å²) in [5.41, 5.74) is 21.4. The fourth-order valence-electron chi connectivity index (χ4n) is 2.43. The fraction of sp³-hybridized carbons (Fsp3) is 0.706. The van der Waals surface area contributed by atoms with E-state index in [4.69, 9.17) is 28.3 Å². The van der Waals surface area contributed by atoms with E-state index in [1.165, 1.54) is 0 Å². The Labute approximate surface area is 170 Å². The van der Waals surface area contributed by atoms with Gasteiger partial charge in [-0.1, -0.05) is 0 Å². The molecule has 0 bridgehead atoms. The Balaban J connectivity index is 4.78. The molecule has 0 heterocycles. The molecule has 3 atom stereocenters. The van der Waals surface area contributed by atoms with E-state index in [9.17, 15) is 19.2 Å². The van der Waals surface area contributed by atoms with E-state index in [1.807, 2.05) is 0 Å². The zero-order chi connectivity index (χ0) is 22.2. The van der Waals surface area contributed by atoms with Crippen molar-refractivity contribution in [3.8, 4) is 0 Å². The van der Waals surface area contributed by atoms with Crippen LogP contribution in [0.25, 0.3) is 0 Å². The molecule has 12 nitrogen and oxygen atoms in total. The van der Waals surface area contributed by atoms with Crippen LogP contribution in [-0.4, -0.2) is 61.2 Å². The van der Waals surface area contributed by atoms with Gasteiger partial charge < -0.3 is 38.9 Å². The maximum absolute atomic E-state index is 12.6. The Hall–Kier alpha value is -2.73. The third-order valence-corrected chi connectivity index (χ3v) is 4.06. The van der Waals surface area contributed by atoms with E-state index in [0.717, 1.165) is 0 Å². The van der Waals surface area contributed by atoms with Crippen molar-refractivity contribution < 1.29 is 19.2 Å². The SMILES string of the molecule is N=C(N)NCCC[C@@H]([C]=O)NC(=O)[C@H](CCCCN)NC(=O)[C@@H](N)CCC(N)=O. The van der Waals surface area contributed by atoms with E-state index >= 15 is 0 Å². The van der Waals surface area contributed by atoms with Crippen LogP contribution in [0, 0.1) is 5.41 Å². The lowest BCUT2D eigenvalue weighted by molar-refractivity contribution is -0.130. The van der Waals surface area contributed by atoms with Crippen LogP contribution in [0.15, 0.2) is 0 Å². The maximum Gasteiger partial charge on any atom is 0.243 e. The third-order valence-electron chi connectivity index (χ3n) is 4.06. The van der Waals surface area contributed by atoms with Crippen LogP contribution in [0.2, 0.25) is 0 Å². The Morgan fingerprint density at radius 3 is 2.21 bits per heavy atom. The number of nitrogens with two attached hydrogens (primary N) is 4. The number of hydrogen-bond acceptors (Lipinski definition) is 7. The molecule has 165 valence electrons. The normalized spacial score (nSPS) is 13.6. The summed E-state index contributed by atoms with van der Waals surface area (Å²) in [5, 5.41) is 14.8. The van der Waals surface area contributed by atoms with Gasteiger partial charge in [-0.2, -0.15) is 0 Å². The molecule has 12 N–H and O–H groups in total. The second-order valence-electron chi connectivity index (χ2n) is 6.62. The maximum atomic E-state index is 12.6. The number of rotatable bonds is 16. The first-order valence-electron chi connectivity index (χ1n) is 9.51.